The van der Waals surface area contributed by atoms with Crippen molar-refractivity contribution >= 4 is 31.5 Å². The van der Waals surface area contributed by atoms with E-state index in [4.69, 9.17) is 0 Å². The van der Waals surface area contributed by atoms with Crippen LogP contribution in [0.2, 0.25) is 0 Å². The van der Waals surface area contributed by atoms with E-state index in [0.717, 1.165) is 10.2 Å². The second kappa shape index (κ2) is 4.94. The third-order valence-electron chi connectivity index (χ3n) is 1.73. The Hall–Kier alpha value is -0.620. The molecule has 0 aliphatic carbocycles. The first-order valence-corrected chi connectivity index (χ1v) is 7.27. The van der Waals surface area contributed by atoms with Crippen LogP contribution in [0.25, 0.3) is 0 Å². The van der Waals surface area contributed by atoms with E-state index in [1.807, 2.05) is 6.92 Å². The summed E-state index contributed by atoms with van der Waals surface area (Å²) in [6, 6.07) is 1.67. The Bertz CT molecular complexity index is 433. The molecule has 0 spiro atoms. The summed E-state index contributed by atoms with van der Waals surface area (Å²) in [4.78, 5) is 3.92. The molecule has 0 radical (unpaired) electrons. The molecule has 1 aromatic rings. The summed E-state index contributed by atoms with van der Waals surface area (Å²) in [5.74, 6) is 0.113. The molecular formula is C9H13BrN2O2S. The van der Waals surface area contributed by atoms with Gasteiger partial charge in [-0.15, -0.1) is 0 Å². The fraction of sp³-hybridized carbons (Fsp3) is 0.444. The number of halogens is 1. The zero-order valence-corrected chi connectivity index (χ0v) is 11.0. The maximum absolute atomic E-state index is 11.1. The van der Waals surface area contributed by atoms with Gasteiger partial charge in [0.05, 0.1) is 15.9 Å². The predicted molar refractivity (Wildman–Crippen MR) is 64.7 cm³/mol. The molecule has 84 valence electrons. The summed E-state index contributed by atoms with van der Waals surface area (Å²) in [5.41, 5.74) is 0.848. The van der Waals surface area contributed by atoms with Gasteiger partial charge >= 0.3 is 0 Å². The maximum Gasteiger partial charge on any atom is 0.149 e. The van der Waals surface area contributed by atoms with Gasteiger partial charge in [-0.3, -0.25) is 4.98 Å². The van der Waals surface area contributed by atoms with Crippen LogP contribution in [0.3, 0.4) is 0 Å². The Balaban J connectivity index is 2.67. The molecule has 1 N–H and O–H groups in total. The zero-order chi connectivity index (χ0) is 11.5. The molecule has 15 heavy (non-hydrogen) atoms. The molecule has 0 aliphatic rings. The van der Waals surface area contributed by atoms with E-state index < -0.39 is 9.84 Å². The lowest BCUT2D eigenvalue weighted by Crippen LogP contribution is -2.25. The van der Waals surface area contributed by atoms with Crippen molar-refractivity contribution in [2.45, 2.75) is 13.0 Å². The standard InChI is InChI=1S/C9H13BrN2O2S/c1-7(6-15(2,13)14)12-9-3-4-11-5-8(9)10/h3-5,7H,6H2,1-2H3,(H,11,12). The number of hydrogen-bond acceptors (Lipinski definition) is 4. The Morgan fingerprint density at radius 2 is 2.27 bits per heavy atom. The van der Waals surface area contributed by atoms with Gasteiger partial charge in [-0.05, 0) is 28.9 Å². The molecule has 1 heterocycles. The Morgan fingerprint density at radius 3 is 2.80 bits per heavy atom. The highest BCUT2D eigenvalue weighted by Gasteiger charge is 2.11. The van der Waals surface area contributed by atoms with Gasteiger partial charge in [-0.25, -0.2) is 8.42 Å². The third kappa shape index (κ3) is 4.61. The van der Waals surface area contributed by atoms with Crippen LogP contribution in [-0.2, 0) is 9.84 Å². The van der Waals surface area contributed by atoms with Crippen molar-refractivity contribution in [3.8, 4) is 0 Å². The number of anilines is 1. The number of pyridine rings is 1. The van der Waals surface area contributed by atoms with Crippen LogP contribution >= 0.6 is 15.9 Å². The molecule has 1 rings (SSSR count). The van der Waals surface area contributed by atoms with Gasteiger partial charge in [-0.2, -0.15) is 0 Å². The molecule has 0 amide bonds. The molecule has 0 aromatic carbocycles. The molecule has 0 saturated heterocycles. The average Bonchev–Trinajstić information content (AvgIpc) is 2.05. The summed E-state index contributed by atoms with van der Waals surface area (Å²) in [6.07, 6.45) is 4.54. The van der Waals surface area contributed by atoms with E-state index in [9.17, 15) is 8.42 Å². The fourth-order valence-electron chi connectivity index (χ4n) is 1.25. The first-order chi connectivity index (χ1) is 6.88. The fourth-order valence-corrected chi connectivity index (χ4v) is 2.61. The SMILES string of the molecule is CC(CS(C)(=O)=O)Nc1ccncc1Br. The van der Waals surface area contributed by atoms with Crippen molar-refractivity contribution in [3.05, 3.63) is 22.9 Å². The normalized spacial score (nSPS) is 13.5. The molecule has 1 aromatic heterocycles. The van der Waals surface area contributed by atoms with Gasteiger partial charge in [0.25, 0.3) is 0 Å². The highest BCUT2D eigenvalue weighted by molar-refractivity contribution is 9.10. The topological polar surface area (TPSA) is 59.1 Å². The lowest BCUT2D eigenvalue weighted by Gasteiger charge is -2.14. The van der Waals surface area contributed by atoms with Crippen molar-refractivity contribution in [2.24, 2.45) is 0 Å². The van der Waals surface area contributed by atoms with Crippen molar-refractivity contribution in [2.75, 3.05) is 17.3 Å². The van der Waals surface area contributed by atoms with Crippen LogP contribution in [-0.4, -0.2) is 31.5 Å². The minimum absolute atomic E-state index is 0.113. The third-order valence-corrected chi connectivity index (χ3v) is 3.46. The second-order valence-electron chi connectivity index (χ2n) is 3.49. The van der Waals surface area contributed by atoms with Crippen LogP contribution in [0.1, 0.15) is 6.92 Å². The predicted octanol–water partition coefficient (Wildman–Crippen LogP) is 1.69. The summed E-state index contributed by atoms with van der Waals surface area (Å²) >= 11 is 3.33. The molecule has 6 heteroatoms. The minimum atomic E-state index is -2.95. The van der Waals surface area contributed by atoms with E-state index >= 15 is 0 Å². The van der Waals surface area contributed by atoms with Gasteiger partial charge in [0.15, 0.2) is 0 Å². The lowest BCUT2D eigenvalue weighted by molar-refractivity contribution is 0.598. The van der Waals surface area contributed by atoms with Crippen LogP contribution in [0, 0.1) is 0 Å². The van der Waals surface area contributed by atoms with Gasteiger partial charge < -0.3 is 5.32 Å². The van der Waals surface area contributed by atoms with Crippen molar-refractivity contribution in [1.29, 1.82) is 0 Å². The zero-order valence-electron chi connectivity index (χ0n) is 8.57. The lowest BCUT2D eigenvalue weighted by atomic mass is 10.3. The Labute approximate surface area is 98.2 Å². The maximum atomic E-state index is 11.1. The van der Waals surface area contributed by atoms with Crippen LogP contribution < -0.4 is 5.32 Å². The van der Waals surface area contributed by atoms with Crippen LogP contribution in [0.4, 0.5) is 5.69 Å². The van der Waals surface area contributed by atoms with Gasteiger partial charge in [0, 0.05) is 24.7 Å². The summed E-state index contributed by atoms with van der Waals surface area (Å²) in [7, 11) is -2.95. The van der Waals surface area contributed by atoms with Crippen LogP contribution in [0.5, 0.6) is 0 Å². The molecule has 4 nitrogen and oxygen atoms in total. The first kappa shape index (κ1) is 12.4. The van der Waals surface area contributed by atoms with Crippen molar-refractivity contribution in [3.63, 3.8) is 0 Å². The summed E-state index contributed by atoms with van der Waals surface area (Å²) in [6.45, 7) is 1.83. The Kier molecular flexibility index (Phi) is 4.10. The number of aromatic nitrogens is 1. The number of sulfone groups is 1. The van der Waals surface area contributed by atoms with Gasteiger partial charge in [0.2, 0.25) is 0 Å². The molecule has 0 fully saturated rings. The molecule has 0 saturated carbocycles. The summed E-state index contributed by atoms with van der Waals surface area (Å²) < 4.78 is 22.9. The van der Waals surface area contributed by atoms with Crippen LogP contribution in [0.15, 0.2) is 22.9 Å². The smallest absolute Gasteiger partial charge is 0.149 e. The highest BCUT2D eigenvalue weighted by Crippen LogP contribution is 2.20. The van der Waals surface area contributed by atoms with E-state index in [-0.39, 0.29) is 11.8 Å². The van der Waals surface area contributed by atoms with E-state index in [2.05, 4.69) is 26.2 Å². The number of hydrogen-bond donors (Lipinski definition) is 1. The van der Waals surface area contributed by atoms with Gasteiger partial charge in [0.1, 0.15) is 9.84 Å². The molecule has 0 aliphatic heterocycles. The quantitative estimate of drug-likeness (QED) is 0.917. The molecule has 0 bridgehead atoms. The second-order valence-corrected chi connectivity index (χ2v) is 6.53. The van der Waals surface area contributed by atoms with E-state index in [1.165, 1.54) is 6.26 Å². The average molecular weight is 293 g/mol. The number of nitrogens with zero attached hydrogens (tertiary/aromatic N) is 1. The van der Waals surface area contributed by atoms with Crippen molar-refractivity contribution < 1.29 is 8.42 Å². The Morgan fingerprint density at radius 1 is 1.60 bits per heavy atom. The first-order valence-electron chi connectivity index (χ1n) is 4.42. The number of nitrogens with one attached hydrogen (secondary N) is 1. The molecular weight excluding hydrogens is 280 g/mol. The van der Waals surface area contributed by atoms with E-state index in [1.54, 1.807) is 18.5 Å². The number of rotatable bonds is 4. The largest absolute Gasteiger partial charge is 0.381 e. The highest BCUT2D eigenvalue weighted by atomic mass is 79.9. The summed E-state index contributed by atoms with van der Waals surface area (Å²) in [5, 5.41) is 3.10. The molecule has 1 unspecified atom stereocenters. The minimum Gasteiger partial charge on any atom is -0.381 e. The monoisotopic (exact) mass is 292 g/mol. The molecule has 1 atom stereocenters. The van der Waals surface area contributed by atoms with Crippen molar-refractivity contribution in [1.82, 2.24) is 4.98 Å². The van der Waals surface area contributed by atoms with E-state index in [0.29, 0.717) is 0 Å². The van der Waals surface area contributed by atoms with Gasteiger partial charge in [-0.1, -0.05) is 0 Å².